The third kappa shape index (κ3) is 3.36. The van der Waals surface area contributed by atoms with Gasteiger partial charge < -0.3 is 5.32 Å². The fraction of sp³-hybridized carbons (Fsp3) is 0.267. The van der Waals surface area contributed by atoms with E-state index in [2.05, 4.69) is 20.4 Å². The molecule has 0 saturated heterocycles. The number of fused-ring (bicyclic) bond motifs is 1. The first-order valence-electron chi connectivity index (χ1n) is 7.22. The van der Waals surface area contributed by atoms with Gasteiger partial charge in [-0.25, -0.2) is 13.8 Å². The highest BCUT2D eigenvalue weighted by Crippen LogP contribution is 2.10. The van der Waals surface area contributed by atoms with E-state index in [0.29, 0.717) is 23.6 Å². The summed E-state index contributed by atoms with van der Waals surface area (Å²) in [7, 11) is 0. The van der Waals surface area contributed by atoms with Gasteiger partial charge in [-0.1, -0.05) is 13.3 Å². The highest BCUT2D eigenvalue weighted by atomic mass is 19.1. The van der Waals surface area contributed by atoms with Crippen molar-refractivity contribution in [2.75, 3.05) is 5.32 Å². The summed E-state index contributed by atoms with van der Waals surface area (Å²) >= 11 is 0. The van der Waals surface area contributed by atoms with Crippen LogP contribution in [0.3, 0.4) is 0 Å². The van der Waals surface area contributed by atoms with Gasteiger partial charge in [0.05, 0.1) is 5.69 Å². The molecule has 3 rings (SSSR count). The number of aryl methyl sites for hydroxylation is 1. The molecule has 0 unspecified atom stereocenters. The predicted octanol–water partition coefficient (Wildman–Crippen LogP) is 2.26. The van der Waals surface area contributed by atoms with Crippen molar-refractivity contribution < 1.29 is 8.78 Å². The maximum atomic E-state index is 13.1. The van der Waals surface area contributed by atoms with Crippen LogP contribution in [0.1, 0.15) is 24.6 Å². The third-order valence-corrected chi connectivity index (χ3v) is 3.27. The first-order chi connectivity index (χ1) is 11.0. The predicted molar refractivity (Wildman–Crippen MR) is 81.3 cm³/mol. The molecule has 0 spiro atoms. The molecule has 3 aromatic rings. The molecule has 120 valence electrons. The minimum Gasteiger partial charge on any atom is -0.351 e. The average molecular weight is 319 g/mol. The summed E-state index contributed by atoms with van der Waals surface area (Å²) in [4.78, 5) is 20.4. The van der Waals surface area contributed by atoms with Gasteiger partial charge in [0.1, 0.15) is 11.6 Å². The van der Waals surface area contributed by atoms with E-state index in [1.165, 1.54) is 22.7 Å². The fourth-order valence-corrected chi connectivity index (χ4v) is 2.29. The lowest BCUT2D eigenvalue weighted by atomic mass is 10.2. The number of hydrogen-bond acceptors (Lipinski definition) is 4. The lowest BCUT2D eigenvalue weighted by molar-refractivity contribution is 0.580. The Balaban J connectivity index is 1.83. The van der Waals surface area contributed by atoms with Crippen LogP contribution in [-0.2, 0) is 13.0 Å². The number of hydrogen-bond donors (Lipinski definition) is 2. The quantitative estimate of drug-likeness (QED) is 0.756. The Morgan fingerprint density at radius 2 is 1.91 bits per heavy atom. The second kappa shape index (κ2) is 6.15. The molecule has 2 N–H and O–H groups in total. The van der Waals surface area contributed by atoms with Crippen molar-refractivity contribution in [3.05, 3.63) is 57.5 Å². The number of rotatable bonds is 5. The summed E-state index contributed by atoms with van der Waals surface area (Å²) in [5, 5.41) is 5.65. The van der Waals surface area contributed by atoms with Gasteiger partial charge in [0, 0.05) is 18.7 Å². The molecule has 0 atom stereocenters. The van der Waals surface area contributed by atoms with E-state index in [9.17, 15) is 13.6 Å². The van der Waals surface area contributed by atoms with E-state index >= 15 is 0 Å². The SMILES string of the molecule is CCCc1cc(=O)n2[nH]c(NCc3cc(F)cc(F)c3)nc2n1. The standard InChI is InChI=1S/C15H15F2N5O/c1-2-3-12-7-13(23)22-15(19-12)20-14(21-22)18-8-9-4-10(16)6-11(17)5-9/h4-7H,2-3,8H2,1H3,(H2,18,19,20,21). The molecular formula is C15H15F2N5O. The van der Waals surface area contributed by atoms with Gasteiger partial charge in [0.15, 0.2) is 0 Å². The number of aromatic nitrogens is 4. The van der Waals surface area contributed by atoms with Gasteiger partial charge in [0.2, 0.25) is 5.95 Å². The number of anilines is 1. The van der Waals surface area contributed by atoms with Crippen LogP contribution in [0.4, 0.5) is 14.7 Å². The Kier molecular flexibility index (Phi) is 4.05. The molecular weight excluding hydrogens is 304 g/mol. The largest absolute Gasteiger partial charge is 0.351 e. The zero-order valence-corrected chi connectivity index (χ0v) is 12.4. The molecule has 2 aromatic heterocycles. The molecule has 1 aromatic carbocycles. The molecule has 0 fully saturated rings. The average Bonchev–Trinajstić information content (AvgIpc) is 2.88. The second-order valence-electron chi connectivity index (χ2n) is 5.17. The third-order valence-electron chi connectivity index (χ3n) is 3.27. The van der Waals surface area contributed by atoms with Gasteiger partial charge in [-0.05, 0) is 24.1 Å². The highest BCUT2D eigenvalue weighted by Gasteiger charge is 2.08. The van der Waals surface area contributed by atoms with Crippen molar-refractivity contribution in [1.82, 2.24) is 19.6 Å². The van der Waals surface area contributed by atoms with Crippen molar-refractivity contribution >= 4 is 11.7 Å². The molecule has 2 heterocycles. The Labute approximate surface area is 130 Å². The van der Waals surface area contributed by atoms with Crippen molar-refractivity contribution in [3.8, 4) is 0 Å². The zero-order chi connectivity index (χ0) is 16.4. The molecule has 0 aliphatic rings. The van der Waals surface area contributed by atoms with Gasteiger partial charge >= 0.3 is 0 Å². The van der Waals surface area contributed by atoms with Crippen LogP contribution in [0.15, 0.2) is 29.1 Å². The summed E-state index contributed by atoms with van der Waals surface area (Å²) in [5.41, 5.74) is 0.855. The monoisotopic (exact) mass is 319 g/mol. The molecule has 8 heteroatoms. The van der Waals surface area contributed by atoms with Crippen LogP contribution in [-0.4, -0.2) is 19.6 Å². The Bertz CT molecular complexity index is 882. The molecule has 0 radical (unpaired) electrons. The summed E-state index contributed by atoms with van der Waals surface area (Å²) in [6.45, 7) is 2.16. The Morgan fingerprint density at radius 3 is 2.61 bits per heavy atom. The fourth-order valence-electron chi connectivity index (χ4n) is 2.29. The first-order valence-corrected chi connectivity index (χ1v) is 7.22. The lowest BCUT2D eigenvalue weighted by Crippen LogP contribution is -2.15. The van der Waals surface area contributed by atoms with E-state index < -0.39 is 11.6 Å². The molecule has 0 amide bonds. The summed E-state index contributed by atoms with van der Waals surface area (Å²) < 4.78 is 27.5. The highest BCUT2D eigenvalue weighted by molar-refractivity contribution is 5.38. The molecule has 6 nitrogen and oxygen atoms in total. The van der Waals surface area contributed by atoms with Crippen molar-refractivity contribution in [1.29, 1.82) is 0 Å². The molecule has 0 saturated carbocycles. The minimum absolute atomic E-state index is 0.158. The number of halogens is 2. The maximum Gasteiger partial charge on any atom is 0.274 e. The van der Waals surface area contributed by atoms with E-state index in [-0.39, 0.29) is 17.9 Å². The number of nitrogens with one attached hydrogen (secondary N) is 2. The second-order valence-corrected chi connectivity index (χ2v) is 5.17. The molecule has 0 aliphatic heterocycles. The number of nitrogens with zero attached hydrogens (tertiary/aromatic N) is 3. The van der Waals surface area contributed by atoms with Crippen LogP contribution in [0.2, 0.25) is 0 Å². The van der Waals surface area contributed by atoms with Gasteiger partial charge in [-0.15, -0.1) is 0 Å². The molecule has 0 aliphatic carbocycles. The number of aromatic amines is 1. The van der Waals surface area contributed by atoms with Crippen molar-refractivity contribution in [2.24, 2.45) is 0 Å². The van der Waals surface area contributed by atoms with Gasteiger partial charge in [-0.2, -0.15) is 9.50 Å². The molecule has 23 heavy (non-hydrogen) atoms. The smallest absolute Gasteiger partial charge is 0.274 e. The normalized spacial score (nSPS) is 11.1. The topological polar surface area (TPSA) is 75.1 Å². The van der Waals surface area contributed by atoms with Crippen LogP contribution in [0, 0.1) is 11.6 Å². The van der Waals surface area contributed by atoms with Gasteiger partial charge in [0.25, 0.3) is 11.3 Å². The van der Waals surface area contributed by atoms with Crippen LogP contribution in [0.25, 0.3) is 5.78 Å². The van der Waals surface area contributed by atoms with Crippen LogP contribution >= 0.6 is 0 Å². The summed E-state index contributed by atoms with van der Waals surface area (Å²) in [6.07, 6.45) is 1.58. The van der Waals surface area contributed by atoms with E-state index in [0.717, 1.165) is 12.5 Å². The lowest BCUT2D eigenvalue weighted by Gasteiger charge is -2.03. The maximum absolute atomic E-state index is 13.1. The minimum atomic E-state index is -0.645. The first kappa shape index (κ1) is 15.1. The Morgan fingerprint density at radius 1 is 1.17 bits per heavy atom. The van der Waals surface area contributed by atoms with Crippen molar-refractivity contribution in [3.63, 3.8) is 0 Å². The number of benzene rings is 1. The summed E-state index contributed by atoms with van der Waals surface area (Å²) in [6, 6.07) is 4.72. The van der Waals surface area contributed by atoms with E-state index in [1.54, 1.807) is 0 Å². The van der Waals surface area contributed by atoms with Crippen LogP contribution < -0.4 is 10.9 Å². The van der Waals surface area contributed by atoms with Crippen LogP contribution in [0.5, 0.6) is 0 Å². The molecule has 0 bridgehead atoms. The zero-order valence-electron chi connectivity index (χ0n) is 12.4. The van der Waals surface area contributed by atoms with Crippen molar-refractivity contribution in [2.45, 2.75) is 26.3 Å². The van der Waals surface area contributed by atoms with Gasteiger partial charge in [-0.3, -0.25) is 9.89 Å². The van der Waals surface area contributed by atoms with E-state index in [1.807, 2.05) is 6.92 Å². The number of H-pyrrole nitrogens is 1. The summed E-state index contributed by atoms with van der Waals surface area (Å²) in [5.74, 6) is -0.733. The Hall–Kier alpha value is -2.77. The van der Waals surface area contributed by atoms with E-state index in [4.69, 9.17) is 0 Å².